The molecule has 0 spiro atoms. The third-order valence-electron chi connectivity index (χ3n) is 3.94. The van der Waals surface area contributed by atoms with Crippen LogP contribution in [0.5, 0.6) is 5.75 Å². The van der Waals surface area contributed by atoms with Crippen molar-refractivity contribution in [2.75, 3.05) is 12.8 Å². The van der Waals surface area contributed by atoms with Crippen molar-refractivity contribution >= 4 is 17.1 Å². The van der Waals surface area contributed by atoms with Crippen LogP contribution in [0.25, 0.3) is 22.4 Å². The molecule has 1 aromatic heterocycles. The van der Waals surface area contributed by atoms with Gasteiger partial charge in [-0.25, -0.2) is 18.3 Å². The topological polar surface area (TPSA) is 110 Å². The molecule has 3 rings (SSSR count). The van der Waals surface area contributed by atoms with Crippen LogP contribution in [0.1, 0.15) is 5.56 Å². The minimum Gasteiger partial charge on any atom is -0.493 e. The van der Waals surface area contributed by atoms with Crippen LogP contribution in [-0.2, 0) is 17.8 Å². The number of nitrogens with two attached hydrogens (primary N) is 1. The van der Waals surface area contributed by atoms with Gasteiger partial charge in [-0.2, -0.15) is 0 Å². The zero-order valence-electron chi connectivity index (χ0n) is 14.3. The Morgan fingerprint density at radius 3 is 2.56 bits per heavy atom. The third kappa shape index (κ3) is 4.11. The van der Waals surface area contributed by atoms with Gasteiger partial charge in [-0.3, -0.25) is 9.54 Å². The molecule has 27 heavy (non-hydrogen) atoms. The zero-order chi connectivity index (χ0) is 19.4. The number of ether oxygens (including phenoxy) is 1. The Morgan fingerprint density at radius 1 is 1.15 bits per heavy atom. The molecule has 4 N–H and O–H groups in total. The summed E-state index contributed by atoms with van der Waals surface area (Å²) in [6.45, 7) is 0.134. The molecule has 0 aliphatic carbocycles. The molecule has 0 aliphatic rings. The van der Waals surface area contributed by atoms with Crippen molar-refractivity contribution in [3.63, 3.8) is 0 Å². The summed E-state index contributed by atoms with van der Waals surface area (Å²) in [5.74, 6) is -0.295. The van der Waals surface area contributed by atoms with Gasteiger partial charge in [0.1, 0.15) is 5.82 Å². The first-order chi connectivity index (χ1) is 13.0. The lowest BCUT2D eigenvalue weighted by molar-refractivity contribution is 0.389. The second kappa shape index (κ2) is 8.21. The summed E-state index contributed by atoms with van der Waals surface area (Å²) in [5, 5.41) is 0. The average molecular weight is 388 g/mol. The Kier molecular flexibility index (Phi) is 5.75. The number of halogens is 1. The van der Waals surface area contributed by atoms with E-state index in [1.54, 1.807) is 36.4 Å². The van der Waals surface area contributed by atoms with E-state index < -0.39 is 17.1 Å². The molecule has 7 nitrogen and oxygen atoms in total. The number of benzene rings is 2. The molecule has 1 unspecified atom stereocenters. The maximum atomic E-state index is 15.1. The fraction of sp³-hybridized carbons (Fsp3) is 0.111. The molecule has 3 aromatic rings. The van der Waals surface area contributed by atoms with Gasteiger partial charge in [0.15, 0.2) is 11.6 Å². The van der Waals surface area contributed by atoms with E-state index in [-0.39, 0.29) is 23.7 Å². The van der Waals surface area contributed by atoms with Crippen molar-refractivity contribution in [2.24, 2.45) is 0 Å². The molecule has 2 aromatic carbocycles. The van der Waals surface area contributed by atoms with E-state index >= 15 is 4.39 Å². The molecule has 140 valence electrons. The van der Waals surface area contributed by atoms with Crippen molar-refractivity contribution in [2.45, 2.75) is 6.54 Å². The van der Waals surface area contributed by atoms with Crippen molar-refractivity contribution in [1.82, 2.24) is 14.7 Å². The van der Waals surface area contributed by atoms with Crippen LogP contribution in [0.2, 0.25) is 0 Å². The summed E-state index contributed by atoms with van der Waals surface area (Å²) in [6, 6.07) is 10.5. The van der Waals surface area contributed by atoms with Crippen LogP contribution in [-0.4, -0.2) is 25.8 Å². The molecule has 0 aliphatic heterocycles. The molecule has 0 radical (unpaired) electrons. The van der Waals surface area contributed by atoms with Crippen LogP contribution in [0.3, 0.4) is 0 Å². The highest BCUT2D eigenvalue weighted by Gasteiger charge is 2.19. The molecule has 0 amide bonds. The lowest BCUT2D eigenvalue weighted by atomic mass is 9.96. The minimum atomic E-state index is -2.15. The Labute approximate surface area is 157 Å². The Bertz CT molecular complexity index is 983. The quantitative estimate of drug-likeness (QED) is 0.560. The normalized spacial score (nSPS) is 12.0. The monoisotopic (exact) mass is 388 g/mol. The maximum Gasteiger partial charge on any atom is 0.232 e. The van der Waals surface area contributed by atoms with Crippen LogP contribution in [0.4, 0.5) is 10.2 Å². The van der Waals surface area contributed by atoms with Crippen LogP contribution < -0.4 is 15.2 Å². The number of nitrogen functional groups attached to an aromatic ring is 1. The maximum absolute atomic E-state index is 15.1. The molecule has 0 fully saturated rings. The van der Waals surface area contributed by atoms with Gasteiger partial charge in [0.05, 0.1) is 25.2 Å². The van der Waals surface area contributed by atoms with Gasteiger partial charge in [0.2, 0.25) is 11.3 Å². The van der Waals surface area contributed by atoms with E-state index in [0.29, 0.717) is 16.8 Å². The third-order valence-corrected chi connectivity index (χ3v) is 4.33. The fourth-order valence-electron chi connectivity index (χ4n) is 2.72. The lowest BCUT2D eigenvalue weighted by Gasteiger charge is -2.15. The lowest BCUT2D eigenvalue weighted by Crippen LogP contribution is -2.15. The molecule has 1 atom stereocenters. The van der Waals surface area contributed by atoms with Gasteiger partial charge in [-0.05, 0) is 23.3 Å². The van der Waals surface area contributed by atoms with Crippen molar-refractivity contribution in [3.8, 4) is 28.1 Å². The van der Waals surface area contributed by atoms with Crippen molar-refractivity contribution in [3.05, 3.63) is 60.2 Å². The highest BCUT2D eigenvalue weighted by Crippen LogP contribution is 2.38. The van der Waals surface area contributed by atoms with Crippen LogP contribution in [0.15, 0.2) is 48.8 Å². The van der Waals surface area contributed by atoms with E-state index in [0.717, 1.165) is 5.56 Å². The summed E-state index contributed by atoms with van der Waals surface area (Å²) in [7, 11) is 1.38. The van der Waals surface area contributed by atoms with Gasteiger partial charge in [0.25, 0.3) is 0 Å². The summed E-state index contributed by atoms with van der Waals surface area (Å²) >= 11 is -2.15. The van der Waals surface area contributed by atoms with Gasteiger partial charge < -0.3 is 10.5 Å². The van der Waals surface area contributed by atoms with E-state index in [9.17, 15) is 4.21 Å². The number of nitrogens with one attached hydrogen (secondary N) is 1. The number of rotatable bonds is 6. The number of anilines is 1. The first-order valence-electron chi connectivity index (χ1n) is 7.88. The van der Waals surface area contributed by atoms with Crippen molar-refractivity contribution < 1.29 is 17.9 Å². The Balaban J connectivity index is 2.09. The molecule has 1 heterocycles. The number of methoxy groups -OCH3 is 1. The zero-order valence-corrected chi connectivity index (χ0v) is 15.2. The van der Waals surface area contributed by atoms with E-state index in [4.69, 9.17) is 15.0 Å². The highest BCUT2D eigenvalue weighted by atomic mass is 32.2. The molecule has 0 bridgehead atoms. The Hall–Kier alpha value is -2.88. The predicted octanol–water partition coefficient (Wildman–Crippen LogP) is 2.77. The molecule has 9 heteroatoms. The molecule has 0 saturated heterocycles. The number of hydrogen-bond acceptors (Lipinski definition) is 5. The SMILES string of the molecule is COc1c(-c2ccccc2CNS(=O)O)ccc(-c2cnc(N)cn2)c1F. The summed E-state index contributed by atoms with van der Waals surface area (Å²) < 4.78 is 42.7. The average Bonchev–Trinajstić information content (AvgIpc) is 2.67. The number of hydrogen-bond donors (Lipinski definition) is 3. The fourth-order valence-corrected chi connectivity index (χ4v) is 3.00. The molecular formula is C18H17FN4O3S. The minimum absolute atomic E-state index is 0.0451. The number of nitrogens with zero attached hydrogens (tertiary/aromatic N) is 2. The summed E-state index contributed by atoms with van der Waals surface area (Å²) in [5.41, 5.74) is 8.01. The number of aromatic nitrogens is 2. The van der Waals surface area contributed by atoms with Gasteiger partial charge >= 0.3 is 0 Å². The molecular weight excluding hydrogens is 371 g/mol. The van der Waals surface area contributed by atoms with E-state index in [2.05, 4.69) is 14.7 Å². The largest absolute Gasteiger partial charge is 0.493 e. The van der Waals surface area contributed by atoms with Gasteiger partial charge in [0, 0.05) is 17.7 Å². The van der Waals surface area contributed by atoms with Gasteiger partial charge in [-0.15, -0.1) is 0 Å². The second-order valence-corrected chi connectivity index (χ2v) is 6.35. The van der Waals surface area contributed by atoms with E-state index in [1.165, 1.54) is 19.5 Å². The summed E-state index contributed by atoms with van der Waals surface area (Å²) in [6.07, 6.45) is 2.74. The second-order valence-electron chi connectivity index (χ2n) is 5.56. The van der Waals surface area contributed by atoms with E-state index in [1.807, 2.05) is 0 Å². The standard InChI is InChI=1S/C18H17FN4O3S/c1-26-18-13(12-5-3-2-4-11(12)8-23-27(24)25)6-7-14(17(18)19)15-9-22-16(20)10-21-15/h2-7,9-10,23H,8H2,1H3,(H2,20,22)(H,24,25). The Morgan fingerprint density at radius 2 is 1.89 bits per heavy atom. The summed E-state index contributed by atoms with van der Waals surface area (Å²) in [4.78, 5) is 8.03. The highest BCUT2D eigenvalue weighted by molar-refractivity contribution is 7.77. The van der Waals surface area contributed by atoms with Crippen molar-refractivity contribution in [1.29, 1.82) is 0 Å². The first-order valence-corrected chi connectivity index (χ1v) is 8.99. The van der Waals surface area contributed by atoms with Crippen LogP contribution in [0, 0.1) is 5.82 Å². The molecule has 0 saturated carbocycles. The predicted molar refractivity (Wildman–Crippen MR) is 101 cm³/mol. The smallest absolute Gasteiger partial charge is 0.232 e. The van der Waals surface area contributed by atoms with Crippen LogP contribution >= 0.6 is 0 Å². The first kappa shape index (κ1) is 18.9. The van der Waals surface area contributed by atoms with Gasteiger partial charge in [-0.1, -0.05) is 24.3 Å².